The molecular weight excluding hydrogens is 164 g/mol. The molecule has 0 aliphatic carbocycles. The molecule has 0 bridgehead atoms. The highest BCUT2D eigenvalue weighted by Crippen LogP contribution is 2.14. The number of rotatable bonds is 2. The third-order valence-corrected chi connectivity index (χ3v) is 1.88. The SMILES string of the molecule is Nc1ccccc1Cc1ncco1. The van der Waals surface area contributed by atoms with Gasteiger partial charge < -0.3 is 10.2 Å². The third-order valence-electron chi connectivity index (χ3n) is 1.88. The Labute approximate surface area is 76.2 Å². The first-order valence-electron chi connectivity index (χ1n) is 4.08. The predicted octanol–water partition coefficient (Wildman–Crippen LogP) is 1.85. The third kappa shape index (κ3) is 1.69. The van der Waals surface area contributed by atoms with Gasteiger partial charge in [-0.1, -0.05) is 18.2 Å². The van der Waals surface area contributed by atoms with E-state index in [4.69, 9.17) is 10.2 Å². The van der Waals surface area contributed by atoms with Crippen molar-refractivity contribution in [3.63, 3.8) is 0 Å². The van der Waals surface area contributed by atoms with Gasteiger partial charge in [-0.25, -0.2) is 4.98 Å². The quantitative estimate of drug-likeness (QED) is 0.707. The Kier molecular flexibility index (Phi) is 2.00. The predicted molar refractivity (Wildman–Crippen MR) is 50.2 cm³/mol. The van der Waals surface area contributed by atoms with Gasteiger partial charge in [0.1, 0.15) is 6.26 Å². The number of para-hydroxylation sites is 1. The van der Waals surface area contributed by atoms with Crippen LogP contribution in [0.15, 0.2) is 41.1 Å². The van der Waals surface area contributed by atoms with Crippen LogP contribution in [0, 0.1) is 0 Å². The zero-order chi connectivity index (χ0) is 9.10. The minimum Gasteiger partial charge on any atom is -0.449 e. The van der Waals surface area contributed by atoms with E-state index in [1.165, 1.54) is 0 Å². The first-order chi connectivity index (χ1) is 6.36. The molecule has 0 spiro atoms. The number of benzene rings is 1. The monoisotopic (exact) mass is 174 g/mol. The van der Waals surface area contributed by atoms with E-state index in [0.29, 0.717) is 12.3 Å². The largest absolute Gasteiger partial charge is 0.449 e. The molecule has 1 heterocycles. The molecule has 2 aromatic rings. The summed E-state index contributed by atoms with van der Waals surface area (Å²) in [5.74, 6) is 0.693. The van der Waals surface area contributed by atoms with Crippen LogP contribution in [-0.4, -0.2) is 4.98 Å². The van der Waals surface area contributed by atoms with Gasteiger partial charge in [0.25, 0.3) is 0 Å². The molecule has 2 N–H and O–H groups in total. The molecule has 1 aromatic heterocycles. The van der Waals surface area contributed by atoms with Crippen LogP contribution in [0.2, 0.25) is 0 Å². The molecule has 0 saturated carbocycles. The van der Waals surface area contributed by atoms with Crippen LogP contribution in [0.5, 0.6) is 0 Å². The lowest BCUT2D eigenvalue weighted by atomic mass is 10.1. The Morgan fingerprint density at radius 3 is 2.85 bits per heavy atom. The summed E-state index contributed by atoms with van der Waals surface area (Å²) >= 11 is 0. The van der Waals surface area contributed by atoms with Gasteiger partial charge in [-0.3, -0.25) is 0 Å². The minimum atomic E-state index is 0.652. The standard InChI is InChI=1S/C10H10N2O/c11-9-4-2-1-3-8(9)7-10-12-5-6-13-10/h1-6H,7,11H2. The summed E-state index contributed by atoms with van der Waals surface area (Å²) in [5.41, 5.74) is 7.59. The van der Waals surface area contributed by atoms with Crippen molar-refractivity contribution in [2.24, 2.45) is 0 Å². The molecule has 0 fully saturated rings. The summed E-state index contributed by atoms with van der Waals surface area (Å²) in [7, 11) is 0. The lowest BCUT2D eigenvalue weighted by Crippen LogP contribution is -1.94. The molecule has 2 rings (SSSR count). The molecule has 0 atom stereocenters. The van der Waals surface area contributed by atoms with E-state index < -0.39 is 0 Å². The first-order valence-corrected chi connectivity index (χ1v) is 4.08. The fourth-order valence-corrected chi connectivity index (χ4v) is 1.20. The summed E-state index contributed by atoms with van der Waals surface area (Å²) in [6.07, 6.45) is 3.85. The summed E-state index contributed by atoms with van der Waals surface area (Å²) in [6.45, 7) is 0. The maximum atomic E-state index is 5.77. The molecule has 0 saturated heterocycles. The van der Waals surface area contributed by atoms with Crippen LogP contribution in [0.25, 0.3) is 0 Å². The van der Waals surface area contributed by atoms with Crippen LogP contribution in [0.4, 0.5) is 5.69 Å². The number of aromatic nitrogens is 1. The maximum absolute atomic E-state index is 5.77. The van der Waals surface area contributed by atoms with Gasteiger partial charge in [0.05, 0.1) is 12.6 Å². The molecule has 3 heteroatoms. The summed E-state index contributed by atoms with van der Waals surface area (Å²) in [5, 5.41) is 0. The van der Waals surface area contributed by atoms with Crippen molar-refractivity contribution in [3.8, 4) is 0 Å². The number of oxazole rings is 1. The summed E-state index contributed by atoms with van der Waals surface area (Å²) in [6, 6.07) is 7.71. The number of anilines is 1. The molecule has 0 unspecified atom stereocenters. The average molecular weight is 174 g/mol. The van der Waals surface area contributed by atoms with Crippen molar-refractivity contribution in [1.29, 1.82) is 0 Å². The molecule has 0 amide bonds. The van der Waals surface area contributed by atoms with Crippen molar-refractivity contribution < 1.29 is 4.42 Å². The Bertz CT molecular complexity index is 382. The minimum absolute atomic E-state index is 0.652. The number of nitrogens with two attached hydrogens (primary N) is 1. The molecular formula is C10H10N2O. The van der Waals surface area contributed by atoms with E-state index in [-0.39, 0.29) is 0 Å². The highest BCUT2D eigenvalue weighted by molar-refractivity contribution is 5.47. The van der Waals surface area contributed by atoms with Crippen molar-refractivity contribution in [3.05, 3.63) is 48.2 Å². The van der Waals surface area contributed by atoms with Gasteiger partial charge in [-0.2, -0.15) is 0 Å². The van der Waals surface area contributed by atoms with E-state index in [2.05, 4.69) is 4.98 Å². The fourth-order valence-electron chi connectivity index (χ4n) is 1.20. The Morgan fingerprint density at radius 2 is 2.15 bits per heavy atom. The van der Waals surface area contributed by atoms with Crippen molar-refractivity contribution in [1.82, 2.24) is 4.98 Å². The highest BCUT2D eigenvalue weighted by Gasteiger charge is 2.02. The fraction of sp³-hybridized carbons (Fsp3) is 0.100. The molecule has 1 aromatic carbocycles. The average Bonchev–Trinajstić information content (AvgIpc) is 2.61. The van der Waals surface area contributed by atoms with Crippen LogP contribution in [0.1, 0.15) is 11.5 Å². The van der Waals surface area contributed by atoms with Crippen molar-refractivity contribution in [2.75, 3.05) is 5.73 Å². The smallest absolute Gasteiger partial charge is 0.198 e. The van der Waals surface area contributed by atoms with Crippen LogP contribution >= 0.6 is 0 Å². The van der Waals surface area contributed by atoms with Crippen LogP contribution in [-0.2, 0) is 6.42 Å². The molecule has 13 heavy (non-hydrogen) atoms. The molecule has 66 valence electrons. The van der Waals surface area contributed by atoms with Crippen molar-refractivity contribution >= 4 is 5.69 Å². The summed E-state index contributed by atoms with van der Waals surface area (Å²) < 4.78 is 5.13. The lowest BCUT2D eigenvalue weighted by Gasteiger charge is -2.00. The second-order valence-electron chi connectivity index (χ2n) is 2.80. The Hall–Kier alpha value is -1.77. The molecule has 0 aliphatic rings. The second-order valence-corrected chi connectivity index (χ2v) is 2.80. The van der Waals surface area contributed by atoms with Gasteiger partial charge in [-0.05, 0) is 11.6 Å². The second kappa shape index (κ2) is 3.31. The zero-order valence-electron chi connectivity index (χ0n) is 7.10. The van der Waals surface area contributed by atoms with Crippen LogP contribution < -0.4 is 5.73 Å². The van der Waals surface area contributed by atoms with Gasteiger partial charge in [0.2, 0.25) is 0 Å². The van der Waals surface area contributed by atoms with Gasteiger partial charge in [0.15, 0.2) is 5.89 Å². The van der Waals surface area contributed by atoms with Crippen molar-refractivity contribution in [2.45, 2.75) is 6.42 Å². The number of hydrogen-bond donors (Lipinski definition) is 1. The number of nitrogens with zero attached hydrogens (tertiary/aromatic N) is 1. The first kappa shape index (κ1) is 7.86. The van der Waals surface area contributed by atoms with Crippen LogP contribution in [0.3, 0.4) is 0 Å². The van der Waals surface area contributed by atoms with E-state index in [1.807, 2.05) is 24.3 Å². The van der Waals surface area contributed by atoms with E-state index in [1.54, 1.807) is 12.5 Å². The molecule has 0 radical (unpaired) electrons. The number of nitrogen functional groups attached to an aromatic ring is 1. The normalized spacial score (nSPS) is 10.2. The lowest BCUT2D eigenvalue weighted by molar-refractivity contribution is 0.507. The maximum Gasteiger partial charge on any atom is 0.198 e. The summed E-state index contributed by atoms with van der Waals surface area (Å²) in [4.78, 5) is 4.03. The van der Waals surface area contributed by atoms with Gasteiger partial charge >= 0.3 is 0 Å². The Balaban J connectivity index is 2.24. The topological polar surface area (TPSA) is 52.0 Å². The van der Waals surface area contributed by atoms with E-state index in [9.17, 15) is 0 Å². The Morgan fingerprint density at radius 1 is 1.31 bits per heavy atom. The van der Waals surface area contributed by atoms with E-state index >= 15 is 0 Å². The molecule has 0 aliphatic heterocycles. The zero-order valence-corrected chi connectivity index (χ0v) is 7.10. The van der Waals surface area contributed by atoms with Gasteiger partial charge in [0, 0.05) is 5.69 Å². The highest BCUT2D eigenvalue weighted by atomic mass is 16.3. The van der Waals surface area contributed by atoms with Gasteiger partial charge in [-0.15, -0.1) is 0 Å². The molecule has 3 nitrogen and oxygen atoms in total. The number of hydrogen-bond acceptors (Lipinski definition) is 3. The van der Waals surface area contributed by atoms with E-state index in [0.717, 1.165) is 11.3 Å².